The summed E-state index contributed by atoms with van der Waals surface area (Å²) in [5.74, 6) is 1.29. The highest BCUT2D eigenvalue weighted by Crippen LogP contribution is 2.24. The highest BCUT2D eigenvalue weighted by atomic mass is 15.0. The molecule has 3 heteroatoms. The van der Waals surface area contributed by atoms with Gasteiger partial charge in [0.2, 0.25) is 0 Å². The molecule has 0 aliphatic rings. The van der Waals surface area contributed by atoms with Gasteiger partial charge < -0.3 is 5.32 Å². The van der Waals surface area contributed by atoms with E-state index in [2.05, 4.69) is 36.3 Å². The molecular formula is C15H15N3. The van der Waals surface area contributed by atoms with E-state index in [0.29, 0.717) is 11.5 Å². The quantitative estimate of drug-likeness (QED) is 0.882. The zero-order valence-electron chi connectivity index (χ0n) is 10.5. The SMILES string of the molecule is CC(C)c1cccnc1Nc1ccc(C#N)cc1. The number of nitrogens with zero attached hydrogens (tertiary/aromatic N) is 2. The Morgan fingerprint density at radius 1 is 1.17 bits per heavy atom. The maximum absolute atomic E-state index is 8.75. The van der Waals surface area contributed by atoms with Crippen molar-refractivity contribution in [1.82, 2.24) is 4.98 Å². The number of nitrogens with one attached hydrogen (secondary N) is 1. The molecule has 0 saturated heterocycles. The first kappa shape index (κ1) is 12.1. The number of hydrogen-bond acceptors (Lipinski definition) is 3. The lowest BCUT2D eigenvalue weighted by Crippen LogP contribution is -2.00. The lowest BCUT2D eigenvalue weighted by atomic mass is 10.0. The topological polar surface area (TPSA) is 48.7 Å². The van der Waals surface area contributed by atoms with Gasteiger partial charge in [0.15, 0.2) is 0 Å². The molecule has 0 atom stereocenters. The first-order chi connectivity index (χ1) is 8.70. The fourth-order valence-electron chi connectivity index (χ4n) is 1.75. The summed E-state index contributed by atoms with van der Waals surface area (Å²) < 4.78 is 0. The molecule has 90 valence electrons. The molecule has 0 unspecified atom stereocenters. The molecule has 1 aromatic heterocycles. The zero-order valence-corrected chi connectivity index (χ0v) is 10.5. The number of aromatic nitrogens is 1. The van der Waals surface area contributed by atoms with Crippen molar-refractivity contribution < 1.29 is 0 Å². The molecule has 2 rings (SSSR count). The van der Waals surface area contributed by atoms with Gasteiger partial charge in [0.25, 0.3) is 0 Å². The predicted molar refractivity (Wildman–Crippen MR) is 72.8 cm³/mol. The van der Waals surface area contributed by atoms with Gasteiger partial charge in [0.1, 0.15) is 5.82 Å². The van der Waals surface area contributed by atoms with Gasteiger partial charge in [-0.3, -0.25) is 0 Å². The second-order valence-corrected chi connectivity index (χ2v) is 4.41. The summed E-state index contributed by atoms with van der Waals surface area (Å²) in [5.41, 5.74) is 2.78. The number of benzene rings is 1. The Bertz CT molecular complexity index is 565. The summed E-state index contributed by atoms with van der Waals surface area (Å²) in [6.07, 6.45) is 1.78. The predicted octanol–water partition coefficient (Wildman–Crippen LogP) is 3.82. The highest BCUT2D eigenvalue weighted by molar-refractivity contribution is 5.60. The van der Waals surface area contributed by atoms with Crippen molar-refractivity contribution in [2.24, 2.45) is 0 Å². The van der Waals surface area contributed by atoms with Crippen LogP contribution < -0.4 is 5.32 Å². The summed E-state index contributed by atoms with van der Waals surface area (Å²) in [6.45, 7) is 4.28. The largest absolute Gasteiger partial charge is 0.340 e. The lowest BCUT2D eigenvalue weighted by molar-refractivity contribution is 0.861. The van der Waals surface area contributed by atoms with Crippen LogP contribution in [0.1, 0.15) is 30.9 Å². The maximum atomic E-state index is 8.75. The second-order valence-electron chi connectivity index (χ2n) is 4.41. The van der Waals surface area contributed by atoms with Crippen LogP contribution in [0.25, 0.3) is 0 Å². The van der Waals surface area contributed by atoms with E-state index in [9.17, 15) is 0 Å². The zero-order chi connectivity index (χ0) is 13.0. The molecule has 1 heterocycles. The Kier molecular flexibility index (Phi) is 3.59. The lowest BCUT2D eigenvalue weighted by Gasteiger charge is -2.13. The van der Waals surface area contributed by atoms with Crippen molar-refractivity contribution in [3.8, 4) is 6.07 Å². The van der Waals surface area contributed by atoms with Crippen LogP contribution in [-0.4, -0.2) is 4.98 Å². The van der Waals surface area contributed by atoms with Crippen molar-refractivity contribution in [3.05, 3.63) is 53.7 Å². The summed E-state index contributed by atoms with van der Waals surface area (Å²) in [4.78, 5) is 4.36. The Morgan fingerprint density at radius 3 is 2.50 bits per heavy atom. The van der Waals surface area contributed by atoms with Crippen LogP contribution in [0.15, 0.2) is 42.6 Å². The van der Waals surface area contributed by atoms with Gasteiger partial charge in [0, 0.05) is 11.9 Å². The van der Waals surface area contributed by atoms with Crippen molar-refractivity contribution in [1.29, 1.82) is 5.26 Å². The van der Waals surface area contributed by atoms with Gasteiger partial charge in [-0.2, -0.15) is 5.26 Å². The first-order valence-corrected chi connectivity index (χ1v) is 5.93. The molecule has 0 fully saturated rings. The van der Waals surface area contributed by atoms with Crippen molar-refractivity contribution in [2.45, 2.75) is 19.8 Å². The third kappa shape index (κ3) is 2.67. The molecule has 0 aliphatic heterocycles. The molecule has 0 spiro atoms. The number of pyridine rings is 1. The minimum absolute atomic E-state index is 0.416. The van der Waals surface area contributed by atoms with E-state index in [4.69, 9.17) is 5.26 Å². The van der Waals surface area contributed by atoms with Crippen molar-refractivity contribution in [3.63, 3.8) is 0 Å². The normalized spacial score (nSPS) is 10.1. The smallest absolute Gasteiger partial charge is 0.133 e. The number of nitriles is 1. The van der Waals surface area contributed by atoms with E-state index in [1.165, 1.54) is 5.56 Å². The molecule has 0 aliphatic carbocycles. The van der Waals surface area contributed by atoms with Gasteiger partial charge in [-0.1, -0.05) is 19.9 Å². The average molecular weight is 237 g/mol. The monoisotopic (exact) mass is 237 g/mol. The fourth-order valence-corrected chi connectivity index (χ4v) is 1.75. The van der Waals surface area contributed by atoms with E-state index in [-0.39, 0.29) is 0 Å². The Labute approximate surface area is 107 Å². The minimum Gasteiger partial charge on any atom is -0.340 e. The molecule has 18 heavy (non-hydrogen) atoms. The van der Waals surface area contributed by atoms with Crippen LogP contribution in [0, 0.1) is 11.3 Å². The third-order valence-electron chi connectivity index (χ3n) is 2.74. The third-order valence-corrected chi connectivity index (χ3v) is 2.74. The molecular weight excluding hydrogens is 222 g/mol. The van der Waals surface area contributed by atoms with Gasteiger partial charge in [-0.25, -0.2) is 4.98 Å². The number of rotatable bonds is 3. The van der Waals surface area contributed by atoms with Gasteiger partial charge >= 0.3 is 0 Å². The van der Waals surface area contributed by atoms with Gasteiger partial charge in [-0.05, 0) is 41.8 Å². The van der Waals surface area contributed by atoms with E-state index in [1.807, 2.05) is 18.2 Å². The second kappa shape index (κ2) is 5.33. The number of anilines is 2. The van der Waals surface area contributed by atoms with Crippen molar-refractivity contribution >= 4 is 11.5 Å². The molecule has 0 saturated carbocycles. The van der Waals surface area contributed by atoms with Gasteiger partial charge in [-0.15, -0.1) is 0 Å². The molecule has 2 aromatic rings. The molecule has 1 N–H and O–H groups in total. The van der Waals surface area contributed by atoms with E-state index in [0.717, 1.165) is 11.5 Å². The van der Waals surface area contributed by atoms with E-state index in [1.54, 1.807) is 18.3 Å². The Morgan fingerprint density at radius 2 is 1.89 bits per heavy atom. The van der Waals surface area contributed by atoms with Crippen LogP contribution in [0.5, 0.6) is 0 Å². The summed E-state index contributed by atoms with van der Waals surface area (Å²) in [7, 11) is 0. The molecule has 0 amide bonds. The van der Waals surface area contributed by atoms with Crippen LogP contribution >= 0.6 is 0 Å². The summed E-state index contributed by atoms with van der Waals surface area (Å²) in [6, 6.07) is 13.5. The van der Waals surface area contributed by atoms with E-state index < -0.39 is 0 Å². The molecule has 1 aromatic carbocycles. The molecule has 0 radical (unpaired) electrons. The maximum Gasteiger partial charge on any atom is 0.133 e. The van der Waals surface area contributed by atoms with Crippen LogP contribution in [-0.2, 0) is 0 Å². The Hall–Kier alpha value is -2.34. The standard InChI is InChI=1S/C15H15N3/c1-11(2)14-4-3-9-17-15(14)18-13-7-5-12(10-16)6-8-13/h3-9,11H,1-2H3,(H,17,18). The van der Waals surface area contributed by atoms with Crippen LogP contribution in [0.3, 0.4) is 0 Å². The van der Waals surface area contributed by atoms with E-state index >= 15 is 0 Å². The van der Waals surface area contributed by atoms with Crippen LogP contribution in [0.2, 0.25) is 0 Å². The Balaban J connectivity index is 2.26. The van der Waals surface area contributed by atoms with Gasteiger partial charge in [0.05, 0.1) is 11.6 Å². The minimum atomic E-state index is 0.416. The molecule has 3 nitrogen and oxygen atoms in total. The van der Waals surface area contributed by atoms with Crippen LogP contribution in [0.4, 0.5) is 11.5 Å². The summed E-state index contributed by atoms with van der Waals surface area (Å²) >= 11 is 0. The fraction of sp³-hybridized carbons (Fsp3) is 0.200. The van der Waals surface area contributed by atoms with Crippen molar-refractivity contribution in [2.75, 3.05) is 5.32 Å². The summed E-state index contributed by atoms with van der Waals surface area (Å²) in [5, 5.41) is 12.0. The average Bonchev–Trinajstić information content (AvgIpc) is 2.40. The first-order valence-electron chi connectivity index (χ1n) is 5.93. The highest BCUT2D eigenvalue weighted by Gasteiger charge is 2.07. The number of hydrogen-bond donors (Lipinski definition) is 1. The molecule has 0 bridgehead atoms.